The van der Waals surface area contributed by atoms with E-state index in [4.69, 9.17) is 9.47 Å². The van der Waals surface area contributed by atoms with E-state index in [2.05, 4.69) is 0 Å². The average Bonchev–Trinajstić information content (AvgIpc) is 2.50. The molecule has 0 fully saturated rings. The molecule has 1 amide bonds. The summed E-state index contributed by atoms with van der Waals surface area (Å²) in [6.45, 7) is -0.720. The molecule has 0 aliphatic heterocycles. The Labute approximate surface area is 131 Å². The van der Waals surface area contributed by atoms with E-state index in [1.54, 1.807) is 0 Å². The maximum Gasteiger partial charge on any atom is 0.460 e. The Morgan fingerprint density at radius 3 is 2.00 bits per heavy atom. The zero-order valence-electron chi connectivity index (χ0n) is 12.3. The number of methoxy groups -OCH3 is 2. The second kappa shape index (κ2) is 6.73. The van der Waals surface area contributed by atoms with Gasteiger partial charge in [0.25, 0.3) is 5.91 Å². The summed E-state index contributed by atoms with van der Waals surface area (Å²) in [5.41, 5.74) is 0.118. The Hall–Kier alpha value is -2.20. The molecule has 0 spiro atoms. The number of hydrogen-bond acceptors (Lipinski definition) is 3. The fraction of sp³-hybridized carbons (Fsp3) is 0.462. The molecule has 136 valence electrons. The number of benzene rings is 1. The molecule has 0 saturated heterocycles. The number of halogens is 7. The van der Waals surface area contributed by atoms with Gasteiger partial charge in [-0.2, -0.15) is 30.7 Å². The van der Waals surface area contributed by atoms with Crippen molar-refractivity contribution < 1.29 is 45.0 Å². The molecule has 0 aliphatic carbocycles. The quantitative estimate of drug-likeness (QED) is 0.790. The molecule has 0 heterocycles. The molecule has 4 nitrogen and oxygen atoms in total. The van der Waals surface area contributed by atoms with Crippen LogP contribution in [0.4, 0.5) is 30.7 Å². The minimum Gasteiger partial charge on any atom is -0.493 e. The molecule has 1 N–H and O–H groups in total. The number of carbonyl (C=O) groups excluding carboxylic acids is 1. The molecule has 0 atom stereocenters. The molecule has 1 aromatic rings. The lowest BCUT2D eigenvalue weighted by atomic mass is 10.1. The smallest absolute Gasteiger partial charge is 0.460 e. The van der Waals surface area contributed by atoms with Gasteiger partial charge in [-0.3, -0.25) is 4.79 Å². The van der Waals surface area contributed by atoms with Crippen molar-refractivity contribution in [3.63, 3.8) is 0 Å². The van der Waals surface area contributed by atoms with E-state index in [1.807, 2.05) is 0 Å². The van der Waals surface area contributed by atoms with Crippen molar-refractivity contribution in [2.75, 3.05) is 14.2 Å². The minimum absolute atomic E-state index is 0.118. The number of amides is 1. The van der Waals surface area contributed by atoms with Gasteiger partial charge in [0.15, 0.2) is 11.5 Å². The maximum atomic E-state index is 13.1. The lowest BCUT2D eigenvalue weighted by Crippen LogP contribution is -2.59. The lowest BCUT2D eigenvalue weighted by Gasteiger charge is -2.27. The Bertz CT molecular complexity index is 602. The topological polar surface area (TPSA) is 47.6 Å². The van der Waals surface area contributed by atoms with Crippen LogP contribution in [0.25, 0.3) is 0 Å². The number of carbonyl (C=O) groups is 1. The highest BCUT2D eigenvalue weighted by atomic mass is 19.4. The minimum atomic E-state index is -6.57. The summed E-state index contributed by atoms with van der Waals surface area (Å²) >= 11 is 0. The summed E-state index contributed by atoms with van der Waals surface area (Å²) in [6.07, 6.45) is -6.57. The summed E-state index contributed by atoms with van der Waals surface area (Å²) in [5.74, 6) is -14.8. The Balaban J connectivity index is 2.89. The SMILES string of the molecule is COc1ccc(CNC(=O)C(F)(F)C(F)(F)C(F)(F)F)cc1OC. The van der Waals surface area contributed by atoms with Crippen LogP contribution in [0, 0.1) is 0 Å². The third-order valence-corrected chi connectivity index (χ3v) is 2.94. The van der Waals surface area contributed by atoms with E-state index in [0.29, 0.717) is 0 Å². The number of rotatable bonds is 6. The third-order valence-electron chi connectivity index (χ3n) is 2.94. The Morgan fingerprint density at radius 1 is 1.00 bits per heavy atom. The summed E-state index contributed by atoms with van der Waals surface area (Å²) in [6, 6.07) is 3.85. The van der Waals surface area contributed by atoms with Gasteiger partial charge in [-0.25, -0.2) is 0 Å². The van der Waals surface area contributed by atoms with Crippen molar-refractivity contribution in [2.45, 2.75) is 24.6 Å². The largest absolute Gasteiger partial charge is 0.493 e. The van der Waals surface area contributed by atoms with Gasteiger partial charge >= 0.3 is 18.0 Å². The molecular weight excluding hydrogens is 351 g/mol. The molecular formula is C13H12F7NO3. The van der Waals surface area contributed by atoms with Gasteiger partial charge in [0.2, 0.25) is 0 Å². The zero-order valence-corrected chi connectivity index (χ0v) is 12.3. The number of nitrogens with one attached hydrogen (secondary N) is 1. The van der Waals surface area contributed by atoms with Crippen LogP contribution in [0.2, 0.25) is 0 Å². The zero-order chi connectivity index (χ0) is 18.8. The molecule has 0 radical (unpaired) electrons. The van der Waals surface area contributed by atoms with Crippen LogP contribution in [0.15, 0.2) is 18.2 Å². The van der Waals surface area contributed by atoms with Crippen LogP contribution in [0.1, 0.15) is 5.56 Å². The monoisotopic (exact) mass is 363 g/mol. The van der Waals surface area contributed by atoms with Crippen molar-refractivity contribution in [1.29, 1.82) is 0 Å². The van der Waals surface area contributed by atoms with Crippen molar-refractivity contribution in [3.05, 3.63) is 23.8 Å². The van der Waals surface area contributed by atoms with E-state index in [1.165, 1.54) is 37.7 Å². The van der Waals surface area contributed by atoms with Crippen LogP contribution in [-0.2, 0) is 11.3 Å². The van der Waals surface area contributed by atoms with Crippen molar-refractivity contribution in [1.82, 2.24) is 5.32 Å². The number of ether oxygens (including phenoxy) is 2. The van der Waals surface area contributed by atoms with Crippen LogP contribution in [0.3, 0.4) is 0 Å². The van der Waals surface area contributed by atoms with Gasteiger partial charge in [0.1, 0.15) is 0 Å². The number of hydrogen-bond donors (Lipinski definition) is 1. The first-order chi connectivity index (χ1) is 10.9. The first-order valence-electron chi connectivity index (χ1n) is 6.20. The van der Waals surface area contributed by atoms with Crippen LogP contribution < -0.4 is 14.8 Å². The van der Waals surface area contributed by atoms with Crippen molar-refractivity contribution >= 4 is 5.91 Å². The van der Waals surface area contributed by atoms with Crippen molar-refractivity contribution in [2.24, 2.45) is 0 Å². The van der Waals surface area contributed by atoms with Crippen LogP contribution >= 0.6 is 0 Å². The molecule has 1 rings (SSSR count). The van der Waals surface area contributed by atoms with Gasteiger partial charge in [0.05, 0.1) is 14.2 Å². The molecule has 0 unspecified atom stereocenters. The fourth-order valence-electron chi connectivity index (χ4n) is 1.60. The lowest BCUT2D eigenvalue weighted by molar-refractivity contribution is -0.344. The van der Waals surface area contributed by atoms with E-state index >= 15 is 0 Å². The normalized spacial score (nSPS) is 12.7. The van der Waals surface area contributed by atoms with E-state index in [9.17, 15) is 35.5 Å². The van der Waals surface area contributed by atoms with E-state index in [-0.39, 0.29) is 17.1 Å². The summed E-state index contributed by atoms with van der Waals surface area (Å²) in [4.78, 5) is 11.1. The van der Waals surface area contributed by atoms with Crippen LogP contribution in [0.5, 0.6) is 11.5 Å². The second-order valence-electron chi connectivity index (χ2n) is 4.52. The molecule has 1 aromatic carbocycles. The predicted molar refractivity (Wildman–Crippen MR) is 67.3 cm³/mol. The van der Waals surface area contributed by atoms with Crippen molar-refractivity contribution in [3.8, 4) is 11.5 Å². The first kappa shape index (κ1) is 19.8. The Morgan fingerprint density at radius 2 is 1.54 bits per heavy atom. The number of alkyl halides is 7. The molecule has 0 saturated carbocycles. The molecule has 0 aliphatic rings. The highest BCUT2D eigenvalue weighted by molar-refractivity contribution is 5.84. The second-order valence-corrected chi connectivity index (χ2v) is 4.52. The fourth-order valence-corrected chi connectivity index (χ4v) is 1.60. The van der Waals surface area contributed by atoms with E-state index < -0.39 is 30.5 Å². The molecule has 11 heteroatoms. The first-order valence-corrected chi connectivity index (χ1v) is 6.20. The third kappa shape index (κ3) is 3.65. The predicted octanol–water partition coefficient (Wildman–Crippen LogP) is 3.15. The van der Waals surface area contributed by atoms with Gasteiger partial charge in [-0.05, 0) is 17.7 Å². The molecule has 0 aromatic heterocycles. The molecule has 0 bridgehead atoms. The van der Waals surface area contributed by atoms with E-state index in [0.717, 1.165) is 0 Å². The maximum absolute atomic E-state index is 13.1. The highest BCUT2D eigenvalue weighted by Crippen LogP contribution is 2.46. The van der Waals surface area contributed by atoms with Gasteiger partial charge in [-0.15, -0.1) is 0 Å². The van der Waals surface area contributed by atoms with Gasteiger partial charge in [0, 0.05) is 6.54 Å². The molecule has 24 heavy (non-hydrogen) atoms. The summed E-state index contributed by atoms with van der Waals surface area (Å²) in [7, 11) is 2.58. The summed E-state index contributed by atoms with van der Waals surface area (Å²) in [5, 5.41) is 1.34. The summed E-state index contributed by atoms with van der Waals surface area (Å²) < 4.78 is 97.5. The Kier molecular flexibility index (Phi) is 5.57. The van der Waals surface area contributed by atoms with Gasteiger partial charge < -0.3 is 14.8 Å². The van der Waals surface area contributed by atoms with Gasteiger partial charge in [-0.1, -0.05) is 6.07 Å². The van der Waals surface area contributed by atoms with Crippen LogP contribution in [-0.4, -0.2) is 38.1 Å². The highest BCUT2D eigenvalue weighted by Gasteiger charge is 2.76. The average molecular weight is 363 g/mol. The standard InChI is InChI=1S/C13H12F7NO3/c1-23-8-4-3-7(5-9(8)24-2)6-21-10(22)11(14,15)12(16,17)13(18,19)20/h3-5H,6H2,1-2H3,(H,21,22).